The Bertz CT molecular complexity index is 643. The first kappa shape index (κ1) is 13.8. The molecular weight excluding hydrogens is 280 g/mol. The van der Waals surface area contributed by atoms with E-state index in [0.29, 0.717) is 21.6 Å². The summed E-state index contributed by atoms with van der Waals surface area (Å²) in [6.07, 6.45) is 0. The summed E-state index contributed by atoms with van der Waals surface area (Å²) in [7, 11) is 0. The molecule has 0 aliphatic carbocycles. The lowest BCUT2D eigenvalue weighted by Crippen LogP contribution is -2.10. The fraction of sp³-hybridized carbons (Fsp3) is 0.143. The van der Waals surface area contributed by atoms with Crippen molar-refractivity contribution < 1.29 is 4.74 Å². The Morgan fingerprint density at radius 2 is 2.00 bits per heavy atom. The molecule has 0 bridgehead atoms. The van der Waals surface area contributed by atoms with Gasteiger partial charge in [-0.25, -0.2) is 4.98 Å². The number of halogens is 1. The van der Waals surface area contributed by atoms with Gasteiger partial charge >= 0.3 is 0 Å². The molecule has 0 unspecified atom stereocenters. The molecule has 5 heteroatoms. The Labute approximate surface area is 122 Å². The minimum atomic E-state index is 0.322. The second-order valence-corrected chi connectivity index (χ2v) is 5.09. The maximum absolute atomic E-state index is 5.91. The molecule has 1 aromatic heterocycles. The van der Waals surface area contributed by atoms with E-state index in [4.69, 9.17) is 34.3 Å². The van der Waals surface area contributed by atoms with Gasteiger partial charge in [0.2, 0.25) is 5.88 Å². The molecule has 0 aliphatic heterocycles. The normalized spacial score (nSPS) is 10.3. The molecule has 3 nitrogen and oxygen atoms in total. The van der Waals surface area contributed by atoms with Crippen LogP contribution in [-0.2, 0) is 0 Å². The van der Waals surface area contributed by atoms with Gasteiger partial charge in [0.1, 0.15) is 10.7 Å². The van der Waals surface area contributed by atoms with Crippen LogP contribution in [0.2, 0.25) is 5.02 Å². The largest absolute Gasteiger partial charge is 0.439 e. The number of thiocarbonyl (C=S) groups is 1. The summed E-state index contributed by atoms with van der Waals surface area (Å²) in [6.45, 7) is 3.79. The zero-order valence-corrected chi connectivity index (χ0v) is 12.2. The van der Waals surface area contributed by atoms with E-state index in [9.17, 15) is 0 Å². The van der Waals surface area contributed by atoms with Gasteiger partial charge in [-0.2, -0.15) is 0 Å². The third-order valence-corrected chi connectivity index (χ3v) is 3.04. The number of hydrogen-bond acceptors (Lipinski definition) is 3. The first-order valence-corrected chi connectivity index (χ1v) is 6.47. The molecular formula is C14H13ClN2OS. The van der Waals surface area contributed by atoms with Crippen LogP contribution in [0.3, 0.4) is 0 Å². The Morgan fingerprint density at radius 1 is 1.26 bits per heavy atom. The molecule has 2 aromatic rings. The zero-order chi connectivity index (χ0) is 14.0. The van der Waals surface area contributed by atoms with E-state index in [2.05, 4.69) is 4.98 Å². The van der Waals surface area contributed by atoms with Crippen LogP contribution >= 0.6 is 23.8 Å². The number of hydrogen-bond donors (Lipinski definition) is 1. The van der Waals surface area contributed by atoms with Crippen molar-refractivity contribution in [3.05, 3.63) is 52.2 Å². The smallest absolute Gasteiger partial charge is 0.220 e. The van der Waals surface area contributed by atoms with Crippen LogP contribution in [0.25, 0.3) is 0 Å². The predicted octanol–water partition coefficient (Wildman–Crippen LogP) is 3.78. The van der Waals surface area contributed by atoms with Crippen LogP contribution in [0.15, 0.2) is 30.3 Å². The standard InChI is InChI=1S/C14H13ClN2OS/c1-8-5-11(15)3-4-12(8)18-13-7-10(14(16)19)6-9(2)17-13/h3-7H,1-2H3,(H2,16,19). The lowest BCUT2D eigenvalue weighted by Gasteiger charge is -2.10. The molecule has 0 saturated heterocycles. The van der Waals surface area contributed by atoms with Crippen molar-refractivity contribution in [1.82, 2.24) is 4.98 Å². The molecule has 1 heterocycles. The summed E-state index contributed by atoms with van der Waals surface area (Å²) >= 11 is 10.9. The van der Waals surface area contributed by atoms with Crippen molar-refractivity contribution in [3.63, 3.8) is 0 Å². The second-order valence-electron chi connectivity index (χ2n) is 4.21. The molecule has 2 N–H and O–H groups in total. The summed E-state index contributed by atoms with van der Waals surface area (Å²) in [5.41, 5.74) is 8.10. The van der Waals surface area contributed by atoms with Gasteiger partial charge in [-0.1, -0.05) is 23.8 Å². The van der Waals surface area contributed by atoms with Crippen LogP contribution in [0.4, 0.5) is 0 Å². The van der Waals surface area contributed by atoms with E-state index in [1.807, 2.05) is 32.0 Å². The molecule has 0 radical (unpaired) electrons. The van der Waals surface area contributed by atoms with Gasteiger partial charge in [-0.3, -0.25) is 0 Å². The Kier molecular flexibility index (Phi) is 4.02. The molecule has 0 amide bonds. The van der Waals surface area contributed by atoms with Gasteiger partial charge in [0.05, 0.1) is 0 Å². The lowest BCUT2D eigenvalue weighted by atomic mass is 10.2. The monoisotopic (exact) mass is 292 g/mol. The lowest BCUT2D eigenvalue weighted by molar-refractivity contribution is 0.458. The summed E-state index contributed by atoms with van der Waals surface area (Å²) in [6, 6.07) is 8.96. The molecule has 98 valence electrons. The fourth-order valence-corrected chi connectivity index (χ4v) is 2.02. The van der Waals surface area contributed by atoms with Gasteiger partial charge in [-0.15, -0.1) is 0 Å². The number of aryl methyl sites for hydroxylation is 2. The maximum atomic E-state index is 5.91. The number of nitrogens with two attached hydrogens (primary N) is 1. The van der Waals surface area contributed by atoms with Crippen molar-refractivity contribution in [1.29, 1.82) is 0 Å². The second kappa shape index (κ2) is 5.55. The highest BCUT2D eigenvalue weighted by molar-refractivity contribution is 7.80. The highest BCUT2D eigenvalue weighted by Crippen LogP contribution is 2.26. The SMILES string of the molecule is Cc1cc(C(N)=S)cc(Oc2ccc(Cl)cc2C)n1. The number of ether oxygens (including phenoxy) is 1. The minimum Gasteiger partial charge on any atom is -0.439 e. The number of aromatic nitrogens is 1. The number of pyridine rings is 1. The molecule has 0 atom stereocenters. The molecule has 1 aromatic carbocycles. The van der Waals surface area contributed by atoms with E-state index < -0.39 is 0 Å². The third kappa shape index (κ3) is 3.43. The van der Waals surface area contributed by atoms with Gasteiger partial charge in [-0.05, 0) is 43.7 Å². The van der Waals surface area contributed by atoms with E-state index in [1.54, 1.807) is 12.1 Å². The zero-order valence-electron chi connectivity index (χ0n) is 10.6. The minimum absolute atomic E-state index is 0.322. The van der Waals surface area contributed by atoms with E-state index in [0.717, 1.165) is 16.8 Å². The van der Waals surface area contributed by atoms with Crippen LogP contribution in [0.5, 0.6) is 11.6 Å². The number of rotatable bonds is 3. The Hall–Kier alpha value is -1.65. The van der Waals surface area contributed by atoms with Crippen molar-refractivity contribution in [2.45, 2.75) is 13.8 Å². The van der Waals surface area contributed by atoms with Crippen molar-refractivity contribution in [2.24, 2.45) is 5.73 Å². The highest BCUT2D eigenvalue weighted by atomic mass is 35.5. The Balaban J connectivity index is 2.35. The van der Waals surface area contributed by atoms with Gasteiger partial charge in [0.15, 0.2) is 0 Å². The summed E-state index contributed by atoms with van der Waals surface area (Å²) in [5.74, 6) is 1.17. The quantitative estimate of drug-likeness (QED) is 0.875. The van der Waals surface area contributed by atoms with Crippen LogP contribution in [-0.4, -0.2) is 9.97 Å². The molecule has 19 heavy (non-hydrogen) atoms. The van der Waals surface area contributed by atoms with Crippen molar-refractivity contribution in [2.75, 3.05) is 0 Å². The first-order valence-electron chi connectivity index (χ1n) is 5.68. The van der Waals surface area contributed by atoms with E-state index >= 15 is 0 Å². The first-order chi connectivity index (χ1) is 8.95. The molecule has 0 saturated carbocycles. The van der Waals surface area contributed by atoms with Crippen molar-refractivity contribution in [3.8, 4) is 11.6 Å². The van der Waals surface area contributed by atoms with Crippen molar-refractivity contribution >= 4 is 28.8 Å². The molecule has 0 aliphatic rings. The fourth-order valence-electron chi connectivity index (χ4n) is 1.67. The van der Waals surface area contributed by atoms with Crippen LogP contribution < -0.4 is 10.5 Å². The maximum Gasteiger partial charge on any atom is 0.220 e. The molecule has 2 rings (SSSR count). The third-order valence-electron chi connectivity index (χ3n) is 2.57. The van der Waals surface area contributed by atoms with Crippen LogP contribution in [0.1, 0.15) is 16.8 Å². The average molecular weight is 293 g/mol. The summed E-state index contributed by atoms with van der Waals surface area (Å²) in [4.78, 5) is 4.63. The molecule has 0 spiro atoms. The number of benzene rings is 1. The van der Waals surface area contributed by atoms with Gasteiger partial charge < -0.3 is 10.5 Å². The Morgan fingerprint density at radius 3 is 2.63 bits per heavy atom. The van der Waals surface area contributed by atoms with Gasteiger partial charge in [0, 0.05) is 22.3 Å². The van der Waals surface area contributed by atoms with E-state index in [-0.39, 0.29) is 0 Å². The highest BCUT2D eigenvalue weighted by Gasteiger charge is 2.07. The topological polar surface area (TPSA) is 48.1 Å². The molecule has 0 fully saturated rings. The van der Waals surface area contributed by atoms with Gasteiger partial charge in [0.25, 0.3) is 0 Å². The summed E-state index contributed by atoms with van der Waals surface area (Å²) < 4.78 is 5.75. The average Bonchev–Trinajstić information content (AvgIpc) is 2.32. The summed E-state index contributed by atoms with van der Waals surface area (Å²) in [5, 5.41) is 0.672. The van der Waals surface area contributed by atoms with Crippen LogP contribution in [0, 0.1) is 13.8 Å². The number of nitrogens with zero attached hydrogens (tertiary/aromatic N) is 1. The van der Waals surface area contributed by atoms with E-state index in [1.165, 1.54) is 0 Å². The predicted molar refractivity (Wildman–Crippen MR) is 81.1 cm³/mol.